The summed E-state index contributed by atoms with van der Waals surface area (Å²) in [5.41, 5.74) is 10.0. The smallest absolute Gasteiger partial charge is 0.342 e. The molecule has 0 radical (unpaired) electrons. The zero-order valence-electron chi connectivity index (χ0n) is 13.6. The molecule has 2 rings (SSSR count). The van der Waals surface area contributed by atoms with Crippen LogP contribution in [0.5, 0.6) is 5.75 Å². The van der Waals surface area contributed by atoms with Crippen LogP contribution in [0.25, 0.3) is 10.4 Å². The number of methoxy groups -OCH3 is 1. The zero-order valence-corrected chi connectivity index (χ0v) is 13.6. The van der Waals surface area contributed by atoms with Gasteiger partial charge in [0.2, 0.25) is 0 Å². The fourth-order valence-corrected chi connectivity index (χ4v) is 2.71. The van der Waals surface area contributed by atoms with Gasteiger partial charge < -0.3 is 14.2 Å². The second-order valence-electron chi connectivity index (χ2n) is 5.89. The van der Waals surface area contributed by atoms with Crippen molar-refractivity contribution in [3.05, 3.63) is 39.8 Å². The third kappa shape index (κ3) is 4.15. The van der Waals surface area contributed by atoms with Gasteiger partial charge in [0.05, 0.1) is 6.04 Å². The average Bonchev–Trinajstić information content (AvgIpc) is 2.51. The number of cyclic esters (lactones) is 1. The van der Waals surface area contributed by atoms with Crippen LogP contribution in [0, 0.1) is 5.92 Å². The van der Waals surface area contributed by atoms with Crippen LogP contribution >= 0.6 is 0 Å². The van der Waals surface area contributed by atoms with Gasteiger partial charge >= 0.3 is 5.97 Å². The van der Waals surface area contributed by atoms with Gasteiger partial charge in [0.25, 0.3) is 0 Å². The van der Waals surface area contributed by atoms with Gasteiger partial charge in [-0.3, -0.25) is 0 Å². The number of ether oxygens (including phenoxy) is 3. The average molecular weight is 319 g/mol. The molecule has 1 aromatic rings. The maximum atomic E-state index is 12.4. The molecule has 23 heavy (non-hydrogen) atoms. The van der Waals surface area contributed by atoms with Crippen LogP contribution in [-0.2, 0) is 15.9 Å². The van der Waals surface area contributed by atoms with Gasteiger partial charge in [-0.2, -0.15) is 0 Å². The number of benzene rings is 1. The van der Waals surface area contributed by atoms with Gasteiger partial charge in [0.1, 0.15) is 17.4 Å². The number of hydrogen-bond donors (Lipinski definition) is 0. The van der Waals surface area contributed by atoms with Crippen LogP contribution in [0.3, 0.4) is 0 Å². The molecule has 0 amide bonds. The summed E-state index contributed by atoms with van der Waals surface area (Å²) >= 11 is 0. The molecule has 0 N–H and O–H groups in total. The molecule has 2 atom stereocenters. The minimum absolute atomic E-state index is 0.0574. The van der Waals surface area contributed by atoms with Crippen molar-refractivity contribution in [2.24, 2.45) is 11.0 Å². The molecule has 7 heteroatoms. The summed E-state index contributed by atoms with van der Waals surface area (Å²) in [5.74, 6) is 0.323. The van der Waals surface area contributed by atoms with Crippen LogP contribution in [0.4, 0.5) is 0 Å². The summed E-state index contributed by atoms with van der Waals surface area (Å²) in [6, 6.07) is 5.02. The second-order valence-corrected chi connectivity index (χ2v) is 5.89. The van der Waals surface area contributed by atoms with Gasteiger partial charge in [-0.25, -0.2) is 4.79 Å². The summed E-state index contributed by atoms with van der Waals surface area (Å²) in [6.07, 6.45) is 0.713. The fourth-order valence-electron chi connectivity index (χ4n) is 2.71. The van der Waals surface area contributed by atoms with Crippen molar-refractivity contribution >= 4 is 5.97 Å². The Kier molecular flexibility index (Phi) is 5.84. The van der Waals surface area contributed by atoms with Gasteiger partial charge in [-0.1, -0.05) is 31.1 Å². The van der Waals surface area contributed by atoms with Gasteiger partial charge in [0, 0.05) is 18.4 Å². The summed E-state index contributed by atoms with van der Waals surface area (Å²) in [4.78, 5) is 15.3. The number of carbonyl (C=O) groups is 1. The number of fused-ring (bicyclic) bond motifs is 1. The Morgan fingerprint density at radius 3 is 2.91 bits per heavy atom. The molecule has 0 unspecified atom stereocenters. The molecule has 1 aromatic carbocycles. The summed E-state index contributed by atoms with van der Waals surface area (Å²) in [5, 5.41) is 3.82. The van der Waals surface area contributed by atoms with E-state index in [9.17, 15) is 4.79 Å². The highest BCUT2D eigenvalue weighted by atomic mass is 16.7. The van der Waals surface area contributed by atoms with Crippen molar-refractivity contribution in [1.82, 2.24) is 0 Å². The molecule has 0 fully saturated rings. The van der Waals surface area contributed by atoms with E-state index in [-0.39, 0.29) is 12.8 Å². The molecular weight excluding hydrogens is 298 g/mol. The van der Waals surface area contributed by atoms with Crippen molar-refractivity contribution in [1.29, 1.82) is 0 Å². The first kappa shape index (κ1) is 17.1. The lowest BCUT2D eigenvalue weighted by Crippen LogP contribution is -2.37. The minimum Gasteiger partial charge on any atom is -0.467 e. The van der Waals surface area contributed by atoms with Crippen molar-refractivity contribution < 1.29 is 19.0 Å². The molecule has 1 aliphatic heterocycles. The highest BCUT2D eigenvalue weighted by Gasteiger charge is 2.34. The van der Waals surface area contributed by atoms with Crippen LogP contribution in [-0.4, -0.2) is 32.0 Å². The Morgan fingerprint density at radius 1 is 1.48 bits per heavy atom. The van der Waals surface area contributed by atoms with E-state index in [0.29, 0.717) is 30.1 Å². The predicted molar refractivity (Wildman–Crippen MR) is 84.2 cm³/mol. The molecule has 7 nitrogen and oxygen atoms in total. The lowest BCUT2D eigenvalue weighted by molar-refractivity contribution is 0.0149. The SMILES string of the molecule is COCOc1cccc2c1C(=O)O[C@H]([C@H](CC(C)C)N=[N+]=[N-])C2. The van der Waals surface area contributed by atoms with Gasteiger partial charge in [-0.15, -0.1) is 0 Å². The molecule has 0 bridgehead atoms. The molecule has 0 spiro atoms. The van der Waals surface area contributed by atoms with Crippen LogP contribution in [0.15, 0.2) is 23.3 Å². The summed E-state index contributed by atoms with van der Waals surface area (Å²) in [6.45, 7) is 4.13. The van der Waals surface area contributed by atoms with E-state index in [4.69, 9.17) is 19.7 Å². The van der Waals surface area contributed by atoms with Crippen LogP contribution in [0.1, 0.15) is 36.2 Å². The Balaban J connectivity index is 2.26. The van der Waals surface area contributed by atoms with Crippen molar-refractivity contribution in [3.8, 4) is 5.75 Å². The Labute approximate surface area is 135 Å². The number of carbonyl (C=O) groups excluding carboxylic acids is 1. The number of nitrogens with zero attached hydrogens (tertiary/aromatic N) is 3. The van der Waals surface area contributed by atoms with E-state index in [0.717, 1.165) is 5.56 Å². The quantitative estimate of drug-likeness (QED) is 0.253. The molecule has 0 saturated heterocycles. The fraction of sp³-hybridized carbons (Fsp3) is 0.562. The summed E-state index contributed by atoms with van der Waals surface area (Å²) < 4.78 is 15.8. The maximum absolute atomic E-state index is 12.4. The molecule has 1 heterocycles. The molecule has 0 aliphatic carbocycles. The highest BCUT2D eigenvalue weighted by molar-refractivity contribution is 5.95. The van der Waals surface area contributed by atoms with E-state index in [2.05, 4.69) is 10.0 Å². The second kappa shape index (κ2) is 7.85. The molecule has 124 valence electrons. The Morgan fingerprint density at radius 2 is 2.26 bits per heavy atom. The van der Waals surface area contributed by atoms with Crippen molar-refractivity contribution in [2.45, 2.75) is 38.8 Å². The third-order valence-corrected chi connectivity index (χ3v) is 3.67. The lowest BCUT2D eigenvalue weighted by atomic mass is 9.91. The lowest BCUT2D eigenvalue weighted by Gasteiger charge is -2.30. The molecule has 0 saturated carbocycles. The summed E-state index contributed by atoms with van der Waals surface area (Å²) in [7, 11) is 1.51. The number of rotatable bonds is 7. The predicted octanol–water partition coefficient (Wildman–Crippen LogP) is 3.48. The standard InChI is InChI=1S/C16H21N3O4/c1-10(2)7-12(18-19-17)14-8-11-5-4-6-13(22-9-21-3)15(11)16(20)23-14/h4-6,10,12,14H,7-9H2,1-3H3/t12-,14-/m0/s1. The van der Waals surface area contributed by atoms with Crippen molar-refractivity contribution in [3.63, 3.8) is 0 Å². The zero-order chi connectivity index (χ0) is 16.8. The monoisotopic (exact) mass is 319 g/mol. The third-order valence-electron chi connectivity index (χ3n) is 3.67. The maximum Gasteiger partial charge on any atom is 0.342 e. The highest BCUT2D eigenvalue weighted by Crippen LogP contribution is 2.31. The molecule has 0 aromatic heterocycles. The van der Waals surface area contributed by atoms with Gasteiger partial charge in [0.15, 0.2) is 6.79 Å². The Bertz CT molecular complexity index is 611. The van der Waals surface area contributed by atoms with E-state index >= 15 is 0 Å². The first-order valence-corrected chi connectivity index (χ1v) is 7.55. The normalized spacial score (nSPS) is 17.9. The van der Waals surface area contributed by atoms with Crippen LogP contribution in [0.2, 0.25) is 0 Å². The van der Waals surface area contributed by atoms with E-state index < -0.39 is 12.1 Å². The largest absolute Gasteiger partial charge is 0.467 e. The minimum atomic E-state index is -0.454. The molecule has 1 aliphatic rings. The van der Waals surface area contributed by atoms with Crippen LogP contribution < -0.4 is 4.74 Å². The Hall–Kier alpha value is -2.24. The molecular formula is C16H21N3O4. The number of hydrogen-bond acceptors (Lipinski definition) is 5. The van der Waals surface area contributed by atoms with E-state index in [1.54, 1.807) is 6.07 Å². The van der Waals surface area contributed by atoms with Gasteiger partial charge in [-0.05, 0) is 29.5 Å². The first-order chi connectivity index (χ1) is 11.1. The van der Waals surface area contributed by atoms with E-state index in [1.807, 2.05) is 26.0 Å². The topological polar surface area (TPSA) is 93.5 Å². The first-order valence-electron chi connectivity index (χ1n) is 7.55. The van der Waals surface area contributed by atoms with Crippen molar-refractivity contribution in [2.75, 3.05) is 13.9 Å². The number of esters is 1. The number of azide groups is 1. The van der Waals surface area contributed by atoms with E-state index in [1.165, 1.54) is 7.11 Å².